The Kier molecular flexibility index (Phi) is 2.86. The van der Waals surface area contributed by atoms with E-state index in [4.69, 9.17) is 9.57 Å². The van der Waals surface area contributed by atoms with E-state index in [2.05, 4.69) is 24.3 Å². The van der Waals surface area contributed by atoms with Gasteiger partial charge in [0.1, 0.15) is 5.54 Å². The van der Waals surface area contributed by atoms with Crippen LogP contribution in [0.5, 0.6) is 0 Å². The molecule has 4 nitrogen and oxygen atoms in total. The lowest BCUT2D eigenvalue weighted by Crippen LogP contribution is -2.37. The molecule has 2 aromatic carbocycles. The monoisotopic (exact) mass is 295 g/mol. The van der Waals surface area contributed by atoms with Crippen molar-refractivity contribution < 1.29 is 14.4 Å². The van der Waals surface area contributed by atoms with Gasteiger partial charge in [0.05, 0.1) is 7.11 Å². The molecule has 4 heteroatoms. The maximum absolute atomic E-state index is 11.9. The summed E-state index contributed by atoms with van der Waals surface area (Å²) in [6.07, 6.45) is -0.0151. The van der Waals surface area contributed by atoms with Crippen LogP contribution in [-0.4, -0.2) is 31.3 Å². The zero-order valence-corrected chi connectivity index (χ0v) is 12.6. The van der Waals surface area contributed by atoms with Gasteiger partial charge in [0.15, 0.2) is 6.10 Å². The number of ether oxygens (including phenoxy) is 1. The lowest BCUT2D eigenvalue weighted by atomic mass is 9.83. The Labute approximate surface area is 129 Å². The van der Waals surface area contributed by atoms with Crippen LogP contribution < -0.4 is 0 Å². The van der Waals surface area contributed by atoms with Crippen LogP contribution in [0.4, 0.5) is 0 Å². The zero-order chi connectivity index (χ0) is 15.3. The summed E-state index contributed by atoms with van der Waals surface area (Å²) >= 11 is 0. The Morgan fingerprint density at radius 2 is 1.68 bits per heavy atom. The highest BCUT2D eigenvalue weighted by Gasteiger charge is 2.55. The second kappa shape index (κ2) is 4.66. The van der Waals surface area contributed by atoms with Crippen molar-refractivity contribution in [3.63, 3.8) is 0 Å². The van der Waals surface area contributed by atoms with E-state index in [-0.39, 0.29) is 5.97 Å². The smallest absolute Gasteiger partial charge is 0.337 e. The minimum absolute atomic E-state index is 0.328. The first-order valence-electron chi connectivity index (χ1n) is 7.36. The highest BCUT2D eigenvalue weighted by molar-refractivity contribution is 5.82. The van der Waals surface area contributed by atoms with Gasteiger partial charge in [0, 0.05) is 13.5 Å². The van der Waals surface area contributed by atoms with Crippen molar-refractivity contribution in [3.8, 4) is 11.1 Å². The van der Waals surface area contributed by atoms with Gasteiger partial charge in [0.25, 0.3) is 0 Å². The number of carbonyl (C=O) groups is 1. The number of benzene rings is 2. The molecule has 1 spiro atoms. The summed E-state index contributed by atoms with van der Waals surface area (Å²) in [6, 6.07) is 16.6. The van der Waals surface area contributed by atoms with Crippen LogP contribution in [0.2, 0.25) is 0 Å². The van der Waals surface area contributed by atoms with Crippen molar-refractivity contribution >= 4 is 5.97 Å². The molecule has 1 aliphatic heterocycles. The average Bonchev–Trinajstić information content (AvgIpc) is 3.06. The number of hydrogen-bond acceptors (Lipinski definition) is 4. The predicted octanol–water partition coefficient (Wildman–Crippen LogP) is 2.72. The van der Waals surface area contributed by atoms with Crippen LogP contribution in [0.3, 0.4) is 0 Å². The number of nitrogens with zero attached hydrogens (tertiary/aromatic N) is 1. The second-order valence-corrected chi connectivity index (χ2v) is 5.77. The second-order valence-electron chi connectivity index (χ2n) is 5.77. The van der Waals surface area contributed by atoms with Crippen molar-refractivity contribution in [1.82, 2.24) is 5.06 Å². The van der Waals surface area contributed by atoms with Crippen molar-refractivity contribution in [2.75, 3.05) is 14.2 Å². The van der Waals surface area contributed by atoms with E-state index in [9.17, 15) is 4.79 Å². The molecule has 1 fully saturated rings. The SMILES string of the molecule is COC(=O)C1CC2(c3ccccc3-c3ccccc32)N(C)O1. The fourth-order valence-corrected chi connectivity index (χ4v) is 3.83. The van der Waals surface area contributed by atoms with Gasteiger partial charge in [-0.1, -0.05) is 48.5 Å². The molecule has 2 aliphatic rings. The summed E-state index contributed by atoms with van der Waals surface area (Å²) < 4.78 is 4.87. The van der Waals surface area contributed by atoms with E-state index in [1.54, 1.807) is 0 Å². The fourth-order valence-electron chi connectivity index (χ4n) is 3.83. The maximum Gasteiger partial charge on any atom is 0.337 e. The minimum atomic E-state index is -0.575. The molecular weight excluding hydrogens is 278 g/mol. The summed E-state index contributed by atoms with van der Waals surface area (Å²) in [4.78, 5) is 17.8. The fraction of sp³-hybridized carbons (Fsp3) is 0.278. The van der Waals surface area contributed by atoms with Gasteiger partial charge >= 0.3 is 5.97 Å². The van der Waals surface area contributed by atoms with Crippen molar-refractivity contribution in [2.24, 2.45) is 0 Å². The molecule has 0 radical (unpaired) electrons. The van der Waals surface area contributed by atoms with Gasteiger partial charge in [-0.3, -0.25) is 4.84 Å². The maximum atomic E-state index is 11.9. The van der Waals surface area contributed by atoms with Gasteiger partial charge in [-0.2, -0.15) is 5.06 Å². The first kappa shape index (κ1) is 13.5. The third-order valence-electron chi connectivity index (χ3n) is 4.80. The predicted molar refractivity (Wildman–Crippen MR) is 81.9 cm³/mol. The molecule has 1 atom stereocenters. The van der Waals surface area contributed by atoms with E-state index < -0.39 is 11.6 Å². The lowest BCUT2D eigenvalue weighted by Gasteiger charge is -2.31. The number of hydrogen-bond donors (Lipinski definition) is 0. The molecule has 22 heavy (non-hydrogen) atoms. The number of rotatable bonds is 1. The van der Waals surface area contributed by atoms with Gasteiger partial charge in [-0.25, -0.2) is 4.79 Å². The molecule has 4 rings (SSSR count). The summed E-state index contributed by atoms with van der Waals surface area (Å²) in [5.74, 6) is -0.328. The average molecular weight is 295 g/mol. The van der Waals surface area contributed by atoms with Crippen LogP contribution in [-0.2, 0) is 19.9 Å². The molecule has 0 bridgehead atoms. The summed E-state index contributed by atoms with van der Waals surface area (Å²) in [6.45, 7) is 0. The van der Waals surface area contributed by atoms with Crippen molar-refractivity contribution in [2.45, 2.75) is 18.1 Å². The highest BCUT2D eigenvalue weighted by Crippen LogP contribution is 2.55. The van der Waals surface area contributed by atoms with Gasteiger partial charge in [0.2, 0.25) is 0 Å². The third kappa shape index (κ3) is 1.56. The van der Waals surface area contributed by atoms with Gasteiger partial charge in [-0.05, 0) is 22.3 Å². The largest absolute Gasteiger partial charge is 0.467 e. The quantitative estimate of drug-likeness (QED) is 0.758. The van der Waals surface area contributed by atoms with E-state index in [1.165, 1.54) is 29.4 Å². The normalized spacial score (nSPS) is 21.6. The molecule has 112 valence electrons. The number of methoxy groups -OCH3 is 1. The van der Waals surface area contributed by atoms with Crippen LogP contribution in [0.25, 0.3) is 11.1 Å². The van der Waals surface area contributed by atoms with E-state index in [1.807, 2.05) is 36.4 Å². The standard InChI is InChI=1S/C18H17NO3/c1-19-18(11-16(22-19)17(20)21-2)14-9-5-3-7-12(14)13-8-4-6-10-15(13)18/h3-10,16H,11H2,1-2H3. The minimum Gasteiger partial charge on any atom is -0.467 e. The lowest BCUT2D eigenvalue weighted by molar-refractivity contribution is -0.186. The first-order chi connectivity index (χ1) is 10.7. The molecule has 0 amide bonds. The number of esters is 1. The molecule has 0 N–H and O–H groups in total. The third-order valence-corrected chi connectivity index (χ3v) is 4.80. The Balaban J connectivity index is 1.93. The Morgan fingerprint density at radius 1 is 1.14 bits per heavy atom. The molecule has 1 saturated heterocycles. The highest BCUT2D eigenvalue weighted by atomic mass is 16.7. The van der Waals surface area contributed by atoms with Crippen LogP contribution in [0.15, 0.2) is 48.5 Å². The number of hydroxylamine groups is 2. The van der Waals surface area contributed by atoms with Crippen molar-refractivity contribution in [1.29, 1.82) is 0 Å². The molecule has 1 heterocycles. The van der Waals surface area contributed by atoms with Crippen LogP contribution >= 0.6 is 0 Å². The molecule has 0 saturated carbocycles. The molecule has 0 aromatic heterocycles. The van der Waals surface area contributed by atoms with Crippen LogP contribution in [0.1, 0.15) is 17.5 Å². The zero-order valence-electron chi connectivity index (χ0n) is 12.6. The molecular formula is C18H17NO3. The Bertz CT molecular complexity index is 710. The Morgan fingerprint density at radius 3 is 2.23 bits per heavy atom. The van der Waals surface area contributed by atoms with Crippen molar-refractivity contribution in [3.05, 3.63) is 59.7 Å². The van der Waals surface area contributed by atoms with E-state index in [0.717, 1.165) is 0 Å². The first-order valence-corrected chi connectivity index (χ1v) is 7.36. The topological polar surface area (TPSA) is 38.8 Å². The molecule has 1 unspecified atom stereocenters. The number of carbonyl (C=O) groups excluding carboxylic acids is 1. The number of fused-ring (bicyclic) bond motifs is 5. The van der Waals surface area contributed by atoms with Crippen LogP contribution in [0, 0.1) is 0 Å². The summed E-state index contributed by atoms with van der Waals surface area (Å²) in [5.41, 5.74) is 4.36. The Hall–Kier alpha value is -2.17. The summed E-state index contributed by atoms with van der Waals surface area (Å²) in [7, 11) is 3.29. The molecule has 2 aromatic rings. The van der Waals surface area contributed by atoms with Gasteiger partial charge < -0.3 is 4.74 Å². The molecule has 1 aliphatic carbocycles. The van der Waals surface area contributed by atoms with Gasteiger partial charge in [-0.15, -0.1) is 0 Å². The van der Waals surface area contributed by atoms with E-state index in [0.29, 0.717) is 6.42 Å². The summed E-state index contributed by atoms with van der Waals surface area (Å²) in [5, 5.41) is 1.82. The van der Waals surface area contributed by atoms with E-state index >= 15 is 0 Å².